The molecule has 0 aliphatic heterocycles. The quantitative estimate of drug-likeness (QED) is 0.871. The van der Waals surface area contributed by atoms with Gasteiger partial charge in [-0.2, -0.15) is 0 Å². The third kappa shape index (κ3) is 3.71. The molecule has 0 bridgehead atoms. The highest BCUT2D eigenvalue weighted by Gasteiger charge is 2.06. The molecular formula is C16H18FNO2. The van der Waals surface area contributed by atoms with Crippen molar-refractivity contribution in [3.05, 3.63) is 53.8 Å². The van der Waals surface area contributed by atoms with Gasteiger partial charge in [-0.3, -0.25) is 0 Å². The number of halogens is 1. The molecule has 0 heterocycles. The Morgan fingerprint density at radius 3 is 2.35 bits per heavy atom. The summed E-state index contributed by atoms with van der Waals surface area (Å²) in [5.74, 6) is 1.16. The molecule has 0 spiro atoms. The van der Waals surface area contributed by atoms with E-state index in [-0.39, 0.29) is 11.6 Å². The normalized spacial score (nSPS) is 10.3. The molecule has 1 N–H and O–H groups in total. The van der Waals surface area contributed by atoms with Gasteiger partial charge >= 0.3 is 0 Å². The number of nitrogens with one attached hydrogen (secondary N) is 1. The lowest BCUT2D eigenvalue weighted by atomic mass is 10.2. The zero-order chi connectivity index (χ0) is 14.4. The van der Waals surface area contributed by atoms with Crippen molar-refractivity contribution in [1.82, 2.24) is 5.32 Å². The first-order valence-corrected chi connectivity index (χ1v) is 6.54. The van der Waals surface area contributed by atoms with E-state index < -0.39 is 0 Å². The van der Waals surface area contributed by atoms with Gasteiger partial charge in [-0.15, -0.1) is 0 Å². The van der Waals surface area contributed by atoms with Crippen LogP contribution < -0.4 is 14.8 Å². The van der Waals surface area contributed by atoms with Crippen LogP contribution in [-0.2, 0) is 6.54 Å². The molecule has 4 heteroatoms. The van der Waals surface area contributed by atoms with E-state index >= 15 is 0 Å². The first-order valence-electron chi connectivity index (χ1n) is 6.54. The zero-order valence-corrected chi connectivity index (χ0v) is 11.7. The average Bonchev–Trinajstić information content (AvgIpc) is 2.48. The van der Waals surface area contributed by atoms with Crippen LogP contribution in [0.25, 0.3) is 0 Å². The summed E-state index contributed by atoms with van der Waals surface area (Å²) >= 11 is 0. The van der Waals surface area contributed by atoms with Crippen molar-refractivity contribution in [3.8, 4) is 17.2 Å². The smallest absolute Gasteiger partial charge is 0.166 e. The fourth-order valence-electron chi connectivity index (χ4n) is 1.78. The van der Waals surface area contributed by atoms with E-state index in [0.29, 0.717) is 12.3 Å². The van der Waals surface area contributed by atoms with E-state index in [0.717, 1.165) is 17.9 Å². The van der Waals surface area contributed by atoms with E-state index in [1.807, 2.05) is 13.0 Å². The van der Waals surface area contributed by atoms with E-state index in [2.05, 4.69) is 5.32 Å². The molecule has 106 valence electrons. The van der Waals surface area contributed by atoms with Crippen molar-refractivity contribution in [2.24, 2.45) is 0 Å². The van der Waals surface area contributed by atoms with Gasteiger partial charge in [0.05, 0.1) is 7.11 Å². The van der Waals surface area contributed by atoms with Gasteiger partial charge < -0.3 is 14.8 Å². The Balaban J connectivity index is 2.08. The van der Waals surface area contributed by atoms with Crippen LogP contribution in [0, 0.1) is 5.82 Å². The summed E-state index contributed by atoms with van der Waals surface area (Å²) in [6.07, 6.45) is 0. The number of hydrogen-bond acceptors (Lipinski definition) is 3. The van der Waals surface area contributed by atoms with Gasteiger partial charge in [-0.25, -0.2) is 4.39 Å². The molecule has 2 aromatic rings. The molecule has 20 heavy (non-hydrogen) atoms. The van der Waals surface area contributed by atoms with Crippen LogP contribution in [0.1, 0.15) is 12.5 Å². The molecule has 0 atom stereocenters. The van der Waals surface area contributed by atoms with E-state index in [1.54, 1.807) is 37.4 Å². The second-order valence-electron chi connectivity index (χ2n) is 4.32. The molecule has 0 amide bonds. The molecule has 0 aromatic heterocycles. The Hall–Kier alpha value is -2.07. The first-order chi connectivity index (χ1) is 9.72. The number of benzene rings is 2. The minimum atomic E-state index is -0.365. The highest BCUT2D eigenvalue weighted by Crippen LogP contribution is 2.26. The Labute approximate surface area is 118 Å². The summed E-state index contributed by atoms with van der Waals surface area (Å²) in [5.41, 5.74) is 0.895. The maximum Gasteiger partial charge on any atom is 0.166 e. The summed E-state index contributed by atoms with van der Waals surface area (Å²) in [5, 5.41) is 3.15. The highest BCUT2D eigenvalue weighted by molar-refractivity contribution is 5.37. The number of ether oxygens (including phenoxy) is 2. The fourth-order valence-corrected chi connectivity index (χ4v) is 1.78. The fraction of sp³-hybridized carbons (Fsp3) is 0.250. The highest BCUT2D eigenvalue weighted by atomic mass is 19.1. The predicted octanol–water partition coefficient (Wildman–Crippen LogP) is 3.74. The minimum Gasteiger partial charge on any atom is -0.497 e. The molecule has 3 nitrogen and oxygen atoms in total. The van der Waals surface area contributed by atoms with Gasteiger partial charge in [0.1, 0.15) is 11.5 Å². The lowest BCUT2D eigenvalue weighted by Crippen LogP contribution is -2.11. The lowest BCUT2D eigenvalue weighted by molar-refractivity contribution is 0.411. The average molecular weight is 275 g/mol. The van der Waals surface area contributed by atoms with Crippen molar-refractivity contribution in [3.63, 3.8) is 0 Å². The van der Waals surface area contributed by atoms with Crippen molar-refractivity contribution in [2.45, 2.75) is 13.5 Å². The van der Waals surface area contributed by atoms with E-state index in [9.17, 15) is 4.39 Å². The molecule has 2 aromatic carbocycles. The molecule has 0 saturated carbocycles. The Morgan fingerprint density at radius 2 is 1.75 bits per heavy atom. The summed E-state index contributed by atoms with van der Waals surface area (Å²) < 4.78 is 24.5. The van der Waals surface area contributed by atoms with Crippen LogP contribution in [0.5, 0.6) is 17.2 Å². The standard InChI is InChI=1S/C16H18FNO2/c1-3-18-11-12-4-9-16(15(17)10-12)20-14-7-5-13(19-2)6-8-14/h4-10,18H,3,11H2,1-2H3. The largest absolute Gasteiger partial charge is 0.497 e. The van der Waals surface area contributed by atoms with Crippen LogP contribution in [0.2, 0.25) is 0 Å². The van der Waals surface area contributed by atoms with Crippen LogP contribution in [0.15, 0.2) is 42.5 Å². The van der Waals surface area contributed by atoms with Crippen LogP contribution in [-0.4, -0.2) is 13.7 Å². The van der Waals surface area contributed by atoms with Crippen molar-refractivity contribution in [1.29, 1.82) is 0 Å². The summed E-state index contributed by atoms with van der Waals surface area (Å²) in [6, 6.07) is 12.0. The van der Waals surface area contributed by atoms with Crippen LogP contribution in [0.4, 0.5) is 4.39 Å². The summed E-state index contributed by atoms with van der Waals surface area (Å²) in [4.78, 5) is 0. The van der Waals surface area contributed by atoms with Gasteiger partial charge in [0.15, 0.2) is 11.6 Å². The lowest BCUT2D eigenvalue weighted by Gasteiger charge is -2.09. The van der Waals surface area contributed by atoms with Gasteiger partial charge in [0.2, 0.25) is 0 Å². The van der Waals surface area contributed by atoms with Gasteiger partial charge in [-0.1, -0.05) is 13.0 Å². The summed E-state index contributed by atoms with van der Waals surface area (Å²) in [7, 11) is 1.60. The molecule has 0 aliphatic carbocycles. The Kier molecular flexibility index (Phi) is 4.96. The molecule has 0 radical (unpaired) electrons. The number of methoxy groups -OCH3 is 1. The molecule has 0 unspecified atom stereocenters. The Bertz CT molecular complexity index is 555. The zero-order valence-electron chi connectivity index (χ0n) is 11.7. The molecular weight excluding hydrogens is 257 g/mol. The summed E-state index contributed by atoms with van der Waals surface area (Å²) in [6.45, 7) is 3.51. The maximum atomic E-state index is 13.9. The van der Waals surface area contributed by atoms with Gasteiger partial charge in [-0.05, 0) is 48.5 Å². The van der Waals surface area contributed by atoms with Gasteiger partial charge in [0, 0.05) is 6.54 Å². The monoisotopic (exact) mass is 275 g/mol. The van der Waals surface area contributed by atoms with Crippen LogP contribution in [0.3, 0.4) is 0 Å². The van der Waals surface area contributed by atoms with Gasteiger partial charge in [0.25, 0.3) is 0 Å². The third-order valence-electron chi connectivity index (χ3n) is 2.86. The molecule has 0 saturated heterocycles. The second-order valence-corrected chi connectivity index (χ2v) is 4.32. The van der Waals surface area contributed by atoms with Crippen molar-refractivity contribution >= 4 is 0 Å². The topological polar surface area (TPSA) is 30.5 Å². The molecule has 2 rings (SSSR count). The van der Waals surface area contributed by atoms with Crippen molar-refractivity contribution in [2.75, 3.05) is 13.7 Å². The Morgan fingerprint density at radius 1 is 1.05 bits per heavy atom. The maximum absolute atomic E-state index is 13.9. The molecule has 0 fully saturated rings. The van der Waals surface area contributed by atoms with Crippen molar-refractivity contribution < 1.29 is 13.9 Å². The van der Waals surface area contributed by atoms with Crippen LogP contribution >= 0.6 is 0 Å². The number of rotatable bonds is 6. The molecule has 0 aliphatic rings. The second kappa shape index (κ2) is 6.91. The first kappa shape index (κ1) is 14.3. The SMILES string of the molecule is CCNCc1ccc(Oc2ccc(OC)cc2)c(F)c1. The minimum absolute atomic E-state index is 0.218. The van der Waals surface area contributed by atoms with E-state index in [1.165, 1.54) is 6.07 Å². The third-order valence-corrected chi connectivity index (χ3v) is 2.86. The van der Waals surface area contributed by atoms with E-state index in [4.69, 9.17) is 9.47 Å². The number of hydrogen-bond donors (Lipinski definition) is 1. The predicted molar refractivity (Wildman–Crippen MR) is 76.8 cm³/mol.